The van der Waals surface area contributed by atoms with Gasteiger partial charge in [-0.3, -0.25) is 0 Å². The van der Waals surface area contributed by atoms with E-state index in [1.165, 1.54) is 16.2 Å². The lowest BCUT2D eigenvalue weighted by molar-refractivity contribution is 0.536. The van der Waals surface area contributed by atoms with Crippen LogP contribution >= 0.6 is 11.3 Å². The second-order valence-electron chi connectivity index (χ2n) is 5.68. The van der Waals surface area contributed by atoms with E-state index < -0.39 is 0 Å². The van der Waals surface area contributed by atoms with Gasteiger partial charge in [0.25, 0.3) is 0 Å². The Hall–Kier alpha value is -2.20. The summed E-state index contributed by atoms with van der Waals surface area (Å²) >= 11 is 1.79. The lowest BCUT2D eigenvalue weighted by atomic mass is 10.0. The quantitative estimate of drug-likeness (QED) is 0.655. The maximum absolute atomic E-state index is 4.82. The molecular formula is C18H17N3S. The third kappa shape index (κ3) is 2.11. The fraction of sp³-hybridized carbons (Fsp3) is 0.222. The van der Waals surface area contributed by atoms with Gasteiger partial charge in [0, 0.05) is 22.6 Å². The molecule has 3 aromatic rings. The van der Waals surface area contributed by atoms with Crippen LogP contribution in [0.3, 0.4) is 0 Å². The molecule has 2 aromatic heterocycles. The maximum Gasteiger partial charge on any atom is 0.159 e. The highest BCUT2D eigenvalue weighted by Gasteiger charge is 2.28. The van der Waals surface area contributed by atoms with Gasteiger partial charge < -0.3 is 0 Å². The number of hydrogen-bond donors (Lipinski definition) is 0. The van der Waals surface area contributed by atoms with Gasteiger partial charge in [-0.05, 0) is 30.9 Å². The molecular weight excluding hydrogens is 290 g/mol. The molecule has 0 unspecified atom stereocenters. The van der Waals surface area contributed by atoms with Crippen LogP contribution in [0.2, 0.25) is 0 Å². The molecule has 0 aliphatic carbocycles. The number of aromatic nitrogens is 2. The minimum absolute atomic E-state index is 0.267. The molecule has 1 aliphatic rings. The van der Waals surface area contributed by atoms with Crippen molar-refractivity contribution < 1.29 is 0 Å². The summed E-state index contributed by atoms with van der Waals surface area (Å²) in [7, 11) is 0. The zero-order valence-corrected chi connectivity index (χ0v) is 13.5. The van der Waals surface area contributed by atoms with E-state index in [1.807, 2.05) is 6.07 Å². The van der Waals surface area contributed by atoms with Gasteiger partial charge in [0.1, 0.15) is 0 Å². The minimum atomic E-state index is 0.267. The number of rotatable bonds is 2. The predicted octanol–water partition coefficient (Wildman–Crippen LogP) is 5.01. The predicted molar refractivity (Wildman–Crippen MR) is 92.2 cm³/mol. The molecule has 4 heteroatoms. The molecule has 0 saturated heterocycles. The zero-order valence-electron chi connectivity index (χ0n) is 12.7. The van der Waals surface area contributed by atoms with Gasteiger partial charge in [0.2, 0.25) is 0 Å². The van der Waals surface area contributed by atoms with Gasteiger partial charge in [0.15, 0.2) is 5.82 Å². The van der Waals surface area contributed by atoms with Crippen molar-refractivity contribution >= 4 is 22.9 Å². The van der Waals surface area contributed by atoms with Gasteiger partial charge in [-0.25, -0.2) is 9.67 Å². The topological polar surface area (TPSA) is 30.2 Å². The van der Waals surface area contributed by atoms with Gasteiger partial charge in [-0.15, -0.1) is 11.3 Å². The number of aliphatic imine (C=N–C) groups is 1. The SMILES string of the molecule is CC1=Nc2c(-c3ccccc3)c(C)nn2[C@H](c2cccs2)C1. The molecule has 1 aromatic carbocycles. The van der Waals surface area contributed by atoms with Crippen LogP contribution in [0, 0.1) is 6.92 Å². The van der Waals surface area contributed by atoms with Crippen molar-refractivity contribution in [3.05, 3.63) is 58.4 Å². The summed E-state index contributed by atoms with van der Waals surface area (Å²) in [5, 5.41) is 6.95. The van der Waals surface area contributed by atoms with E-state index in [4.69, 9.17) is 10.1 Å². The summed E-state index contributed by atoms with van der Waals surface area (Å²) in [5.41, 5.74) is 4.55. The van der Waals surface area contributed by atoms with Crippen LogP contribution in [0.15, 0.2) is 52.8 Å². The summed E-state index contributed by atoms with van der Waals surface area (Å²) in [4.78, 5) is 6.17. The van der Waals surface area contributed by atoms with Crippen molar-refractivity contribution in [1.82, 2.24) is 9.78 Å². The van der Waals surface area contributed by atoms with Crippen molar-refractivity contribution in [2.45, 2.75) is 26.3 Å². The Morgan fingerprint density at radius 1 is 1.09 bits per heavy atom. The van der Waals surface area contributed by atoms with E-state index in [1.54, 1.807) is 11.3 Å². The Morgan fingerprint density at radius 3 is 2.64 bits per heavy atom. The first-order valence-electron chi connectivity index (χ1n) is 7.46. The number of fused-ring (bicyclic) bond motifs is 1. The highest BCUT2D eigenvalue weighted by molar-refractivity contribution is 7.10. The average Bonchev–Trinajstić information content (AvgIpc) is 3.14. The molecule has 22 heavy (non-hydrogen) atoms. The summed E-state index contributed by atoms with van der Waals surface area (Å²) in [6.45, 7) is 4.19. The smallest absolute Gasteiger partial charge is 0.159 e. The summed E-state index contributed by atoms with van der Waals surface area (Å²) in [6, 6.07) is 15.0. The molecule has 3 heterocycles. The molecule has 0 saturated carbocycles. The molecule has 1 atom stereocenters. The van der Waals surface area contributed by atoms with Crippen molar-refractivity contribution in [3.63, 3.8) is 0 Å². The highest BCUT2D eigenvalue weighted by atomic mass is 32.1. The standard InChI is InChI=1S/C18H17N3S/c1-12-11-15(16-9-6-10-22-16)21-18(19-12)17(13(2)20-21)14-7-4-3-5-8-14/h3-10,15H,11H2,1-2H3/t15-/m0/s1. The van der Waals surface area contributed by atoms with Crippen LogP contribution in [0.4, 0.5) is 5.82 Å². The molecule has 0 spiro atoms. The second kappa shape index (κ2) is 5.21. The van der Waals surface area contributed by atoms with E-state index in [9.17, 15) is 0 Å². The fourth-order valence-corrected chi connectivity index (χ4v) is 3.91. The van der Waals surface area contributed by atoms with Gasteiger partial charge in [-0.2, -0.15) is 5.10 Å². The van der Waals surface area contributed by atoms with Gasteiger partial charge in [0.05, 0.1) is 11.7 Å². The Morgan fingerprint density at radius 2 is 1.91 bits per heavy atom. The van der Waals surface area contributed by atoms with Crippen LogP contribution < -0.4 is 0 Å². The van der Waals surface area contributed by atoms with Crippen LogP contribution in [-0.4, -0.2) is 15.5 Å². The Kier molecular flexibility index (Phi) is 3.19. The summed E-state index contributed by atoms with van der Waals surface area (Å²) in [6.07, 6.45) is 0.933. The number of benzene rings is 1. The molecule has 4 rings (SSSR count). The van der Waals surface area contributed by atoms with Crippen molar-refractivity contribution in [2.75, 3.05) is 0 Å². The molecule has 0 N–H and O–H groups in total. The van der Waals surface area contributed by atoms with E-state index in [0.29, 0.717) is 0 Å². The van der Waals surface area contributed by atoms with Crippen molar-refractivity contribution in [2.24, 2.45) is 4.99 Å². The number of nitrogens with zero attached hydrogens (tertiary/aromatic N) is 3. The molecule has 0 amide bonds. The van der Waals surface area contributed by atoms with E-state index in [-0.39, 0.29) is 6.04 Å². The van der Waals surface area contributed by atoms with Gasteiger partial charge in [-0.1, -0.05) is 36.4 Å². The average molecular weight is 307 g/mol. The minimum Gasteiger partial charge on any atom is -0.238 e. The number of aryl methyl sites for hydroxylation is 1. The molecule has 3 nitrogen and oxygen atoms in total. The van der Waals surface area contributed by atoms with Crippen molar-refractivity contribution in [3.8, 4) is 11.1 Å². The van der Waals surface area contributed by atoms with E-state index in [0.717, 1.165) is 23.5 Å². The third-order valence-corrected chi connectivity index (χ3v) is 5.05. The largest absolute Gasteiger partial charge is 0.238 e. The van der Waals surface area contributed by atoms with E-state index in [2.05, 4.69) is 60.3 Å². The highest BCUT2D eigenvalue weighted by Crippen LogP contribution is 2.41. The first-order chi connectivity index (χ1) is 10.7. The normalized spacial score (nSPS) is 17.2. The van der Waals surface area contributed by atoms with Crippen LogP contribution in [0.5, 0.6) is 0 Å². The molecule has 0 fully saturated rings. The molecule has 1 aliphatic heterocycles. The lowest BCUT2D eigenvalue weighted by Gasteiger charge is -2.22. The fourth-order valence-electron chi connectivity index (χ4n) is 3.10. The van der Waals surface area contributed by atoms with Crippen LogP contribution in [-0.2, 0) is 0 Å². The van der Waals surface area contributed by atoms with Crippen LogP contribution in [0.1, 0.15) is 30.0 Å². The van der Waals surface area contributed by atoms with Gasteiger partial charge >= 0.3 is 0 Å². The first-order valence-corrected chi connectivity index (χ1v) is 8.34. The zero-order chi connectivity index (χ0) is 15.1. The lowest BCUT2D eigenvalue weighted by Crippen LogP contribution is -2.18. The maximum atomic E-state index is 4.82. The van der Waals surface area contributed by atoms with Crippen LogP contribution in [0.25, 0.3) is 11.1 Å². The third-order valence-electron chi connectivity index (χ3n) is 4.07. The molecule has 0 bridgehead atoms. The Bertz CT molecular complexity index is 829. The van der Waals surface area contributed by atoms with E-state index >= 15 is 0 Å². The Labute approximate surface area is 134 Å². The summed E-state index contributed by atoms with van der Waals surface area (Å²) < 4.78 is 2.11. The monoisotopic (exact) mass is 307 g/mol. The van der Waals surface area contributed by atoms with Crippen molar-refractivity contribution in [1.29, 1.82) is 0 Å². The summed E-state index contributed by atoms with van der Waals surface area (Å²) in [5.74, 6) is 0.992. The second-order valence-corrected chi connectivity index (χ2v) is 6.66. The first kappa shape index (κ1) is 13.5. The number of thiophene rings is 1. The molecule has 110 valence electrons. The Balaban J connectivity index is 1.92. The number of hydrogen-bond acceptors (Lipinski definition) is 3. The molecule has 0 radical (unpaired) electrons.